The van der Waals surface area contributed by atoms with Gasteiger partial charge in [0.25, 0.3) is 0 Å². The molecule has 0 aromatic heterocycles. The highest BCUT2D eigenvalue weighted by molar-refractivity contribution is 5.66. The monoisotopic (exact) mass is 266 g/mol. The molecule has 5 nitrogen and oxygen atoms in total. The molecule has 0 aliphatic rings. The molecule has 1 aromatic carbocycles. The Morgan fingerprint density at radius 2 is 1.95 bits per heavy atom. The van der Waals surface area contributed by atoms with Crippen molar-refractivity contribution in [3.05, 3.63) is 30.3 Å². The summed E-state index contributed by atoms with van der Waals surface area (Å²) in [4.78, 5) is 12.5. The quantitative estimate of drug-likeness (QED) is 0.856. The van der Waals surface area contributed by atoms with Crippen molar-refractivity contribution in [2.75, 3.05) is 13.2 Å². The van der Waals surface area contributed by atoms with E-state index >= 15 is 0 Å². The maximum Gasteiger partial charge on any atom is 0.407 e. The molecule has 0 spiro atoms. The zero-order valence-electron chi connectivity index (χ0n) is 11.7. The minimum Gasteiger partial charge on any atom is -0.492 e. The van der Waals surface area contributed by atoms with Crippen LogP contribution in [0.2, 0.25) is 0 Å². The van der Waals surface area contributed by atoms with Crippen LogP contribution in [0.3, 0.4) is 0 Å². The van der Waals surface area contributed by atoms with Crippen LogP contribution in [0.25, 0.3) is 0 Å². The number of carbonyl (C=O) groups is 1. The molecule has 1 amide bonds. The topological polar surface area (TPSA) is 75.8 Å². The smallest absolute Gasteiger partial charge is 0.407 e. The van der Waals surface area contributed by atoms with E-state index in [1.165, 1.54) is 4.90 Å². The van der Waals surface area contributed by atoms with Gasteiger partial charge in [0.1, 0.15) is 12.4 Å². The van der Waals surface area contributed by atoms with E-state index < -0.39 is 11.6 Å². The first-order valence-electron chi connectivity index (χ1n) is 6.24. The molecule has 1 aromatic rings. The van der Waals surface area contributed by atoms with Crippen molar-refractivity contribution < 1.29 is 14.6 Å². The maximum absolute atomic E-state index is 11.2. The number of ether oxygens (including phenoxy) is 1. The summed E-state index contributed by atoms with van der Waals surface area (Å²) in [7, 11) is 0. The van der Waals surface area contributed by atoms with Gasteiger partial charge in [-0.15, -0.1) is 0 Å². The van der Waals surface area contributed by atoms with Crippen LogP contribution in [0.4, 0.5) is 4.79 Å². The zero-order valence-corrected chi connectivity index (χ0v) is 11.7. The largest absolute Gasteiger partial charge is 0.492 e. The van der Waals surface area contributed by atoms with Gasteiger partial charge < -0.3 is 20.5 Å². The highest BCUT2D eigenvalue weighted by Gasteiger charge is 2.27. The van der Waals surface area contributed by atoms with Crippen LogP contribution in [-0.4, -0.2) is 40.8 Å². The van der Waals surface area contributed by atoms with Crippen molar-refractivity contribution in [3.63, 3.8) is 0 Å². The average Bonchev–Trinajstić information content (AvgIpc) is 2.33. The summed E-state index contributed by atoms with van der Waals surface area (Å²) >= 11 is 0. The second-order valence-electron chi connectivity index (χ2n) is 5.45. The van der Waals surface area contributed by atoms with Crippen molar-refractivity contribution in [2.24, 2.45) is 5.73 Å². The van der Waals surface area contributed by atoms with Gasteiger partial charge in [0.15, 0.2) is 0 Å². The Morgan fingerprint density at radius 1 is 1.37 bits per heavy atom. The van der Waals surface area contributed by atoms with Gasteiger partial charge >= 0.3 is 6.09 Å². The molecule has 106 valence electrons. The Morgan fingerprint density at radius 3 is 2.42 bits per heavy atom. The van der Waals surface area contributed by atoms with Gasteiger partial charge in [-0.1, -0.05) is 18.2 Å². The minimum atomic E-state index is -0.970. The van der Waals surface area contributed by atoms with Crippen molar-refractivity contribution in [1.82, 2.24) is 4.90 Å². The summed E-state index contributed by atoms with van der Waals surface area (Å²) in [6.07, 6.45) is -0.970. The molecular weight excluding hydrogens is 244 g/mol. The van der Waals surface area contributed by atoms with Gasteiger partial charge in [0.05, 0.1) is 6.04 Å². The molecule has 0 heterocycles. The molecule has 19 heavy (non-hydrogen) atoms. The van der Waals surface area contributed by atoms with E-state index in [0.717, 1.165) is 5.75 Å². The lowest BCUT2D eigenvalue weighted by Gasteiger charge is -2.34. The number of hydrogen-bond acceptors (Lipinski definition) is 3. The third-order valence-electron chi connectivity index (χ3n) is 2.67. The number of rotatable bonds is 5. The second-order valence-corrected chi connectivity index (χ2v) is 5.45. The van der Waals surface area contributed by atoms with E-state index in [2.05, 4.69) is 0 Å². The van der Waals surface area contributed by atoms with Crippen LogP contribution in [-0.2, 0) is 0 Å². The standard InChI is InChI=1S/C14H22N2O3/c1-14(2,3)16(13(17)18)9-11(15)10-19-12-7-5-4-6-8-12/h4-8,11H,9-10,15H2,1-3H3,(H,17,18). The van der Waals surface area contributed by atoms with Crippen molar-refractivity contribution in [1.29, 1.82) is 0 Å². The Kier molecular flexibility index (Phi) is 5.18. The van der Waals surface area contributed by atoms with Crippen molar-refractivity contribution >= 4 is 6.09 Å². The van der Waals surface area contributed by atoms with Crippen LogP contribution in [0.1, 0.15) is 20.8 Å². The summed E-state index contributed by atoms with van der Waals surface area (Å²) in [5.74, 6) is 0.732. The van der Waals surface area contributed by atoms with Gasteiger partial charge in [-0.3, -0.25) is 0 Å². The lowest BCUT2D eigenvalue weighted by Crippen LogP contribution is -2.51. The lowest BCUT2D eigenvalue weighted by molar-refractivity contribution is 0.0912. The first kappa shape index (κ1) is 15.3. The predicted molar refractivity (Wildman–Crippen MR) is 74.4 cm³/mol. The van der Waals surface area contributed by atoms with Gasteiger partial charge in [0, 0.05) is 12.1 Å². The SMILES string of the molecule is CC(C)(C)N(CC(N)COc1ccccc1)C(=O)O. The molecule has 0 aliphatic heterocycles. The summed E-state index contributed by atoms with van der Waals surface area (Å²) in [6.45, 7) is 6.04. The number of hydrogen-bond donors (Lipinski definition) is 2. The number of para-hydroxylation sites is 1. The number of nitrogens with two attached hydrogens (primary N) is 1. The second kappa shape index (κ2) is 6.43. The molecule has 0 saturated carbocycles. The Hall–Kier alpha value is -1.75. The summed E-state index contributed by atoms with van der Waals surface area (Å²) in [5.41, 5.74) is 5.45. The van der Waals surface area contributed by atoms with E-state index in [4.69, 9.17) is 10.5 Å². The minimum absolute atomic E-state index is 0.242. The normalized spacial score (nSPS) is 12.8. The highest BCUT2D eigenvalue weighted by Crippen LogP contribution is 2.14. The van der Waals surface area contributed by atoms with Crippen molar-refractivity contribution in [2.45, 2.75) is 32.4 Å². The van der Waals surface area contributed by atoms with E-state index in [1.807, 2.05) is 51.1 Å². The Labute approximate surface area is 114 Å². The van der Waals surface area contributed by atoms with Crippen LogP contribution in [0.5, 0.6) is 5.75 Å². The molecule has 3 N–H and O–H groups in total. The Balaban J connectivity index is 2.50. The predicted octanol–water partition coefficient (Wildman–Crippen LogP) is 2.17. The lowest BCUT2D eigenvalue weighted by atomic mass is 10.1. The molecule has 0 radical (unpaired) electrons. The molecule has 1 rings (SSSR count). The molecule has 0 fully saturated rings. The molecule has 1 atom stereocenters. The summed E-state index contributed by atoms with van der Waals surface area (Å²) in [5, 5.41) is 9.17. The molecule has 0 bridgehead atoms. The molecule has 0 saturated heterocycles. The molecule has 5 heteroatoms. The zero-order chi connectivity index (χ0) is 14.5. The average molecular weight is 266 g/mol. The van der Waals surface area contributed by atoms with Gasteiger partial charge in [-0.25, -0.2) is 4.79 Å². The number of amides is 1. The van der Waals surface area contributed by atoms with E-state index in [1.54, 1.807) is 0 Å². The number of carboxylic acid groups (broad SMARTS) is 1. The van der Waals surface area contributed by atoms with E-state index in [9.17, 15) is 9.90 Å². The summed E-state index contributed by atoms with van der Waals surface area (Å²) < 4.78 is 5.52. The Bertz CT molecular complexity index is 401. The summed E-state index contributed by atoms with van der Waals surface area (Å²) in [6, 6.07) is 8.96. The molecule has 0 aliphatic carbocycles. The fourth-order valence-electron chi connectivity index (χ4n) is 1.65. The third kappa shape index (κ3) is 5.18. The van der Waals surface area contributed by atoms with Crippen molar-refractivity contribution in [3.8, 4) is 5.75 Å². The van der Waals surface area contributed by atoms with Crippen LogP contribution >= 0.6 is 0 Å². The maximum atomic E-state index is 11.2. The first-order chi connectivity index (χ1) is 8.80. The van der Waals surface area contributed by atoms with E-state index in [-0.39, 0.29) is 19.2 Å². The molecular formula is C14H22N2O3. The number of nitrogens with zero attached hydrogens (tertiary/aromatic N) is 1. The first-order valence-corrected chi connectivity index (χ1v) is 6.24. The van der Waals surface area contributed by atoms with Gasteiger partial charge in [-0.2, -0.15) is 0 Å². The van der Waals surface area contributed by atoms with Gasteiger partial charge in [0.2, 0.25) is 0 Å². The fraction of sp³-hybridized carbons (Fsp3) is 0.500. The fourth-order valence-corrected chi connectivity index (χ4v) is 1.65. The molecule has 1 unspecified atom stereocenters. The van der Waals surface area contributed by atoms with Crippen LogP contribution in [0.15, 0.2) is 30.3 Å². The van der Waals surface area contributed by atoms with Crippen LogP contribution in [0, 0.1) is 0 Å². The van der Waals surface area contributed by atoms with Gasteiger partial charge in [-0.05, 0) is 32.9 Å². The highest BCUT2D eigenvalue weighted by atomic mass is 16.5. The number of benzene rings is 1. The third-order valence-corrected chi connectivity index (χ3v) is 2.67. The van der Waals surface area contributed by atoms with Crippen LogP contribution < -0.4 is 10.5 Å². The van der Waals surface area contributed by atoms with E-state index in [0.29, 0.717) is 0 Å².